The molecule has 0 unspecified atom stereocenters. The zero-order valence-corrected chi connectivity index (χ0v) is 17.5. The van der Waals surface area contributed by atoms with Gasteiger partial charge in [0, 0.05) is 27.7 Å². The van der Waals surface area contributed by atoms with Crippen molar-refractivity contribution in [3.05, 3.63) is 0 Å². The fourth-order valence-electron chi connectivity index (χ4n) is 3.77. The zero-order valence-electron chi connectivity index (χ0n) is 14.1. The van der Waals surface area contributed by atoms with Crippen LogP contribution in [0, 0.1) is 17.3 Å². The van der Waals surface area contributed by atoms with Crippen molar-refractivity contribution in [2.45, 2.75) is 44.9 Å². The third-order valence-electron chi connectivity index (χ3n) is 4.60. The lowest BCUT2D eigenvalue weighted by Crippen LogP contribution is -2.29. The summed E-state index contributed by atoms with van der Waals surface area (Å²) in [6, 6.07) is 1.38. The lowest BCUT2D eigenvalue weighted by Gasteiger charge is -2.28. The van der Waals surface area contributed by atoms with Gasteiger partial charge in [-0.3, -0.25) is 0 Å². The van der Waals surface area contributed by atoms with Crippen LogP contribution >= 0.6 is 29.1 Å². The molecule has 0 aliphatic heterocycles. The summed E-state index contributed by atoms with van der Waals surface area (Å²) < 4.78 is 11.0. The van der Waals surface area contributed by atoms with Gasteiger partial charge in [0.2, 0.25) is 0 Å². The zero-order chi connectivity index (χ0) is 16.1. The fourth-order valence-corrected chi connectivity index (χ4v) is 6.85. The molecule has 6 heteroatoms. The molecule has 21 heavy (non-hydrogen) atoms. The van der Waals surface area contributed by atoms with Gasteiger partial charge in [0.05, 0.1) is 19.8 Å². The van der Waals surface area contributed by atoms with E-state index >= 15 is 0 Å². The molecule has 1 rings (SSSR count). The van der Waals surface area contributed by atoms with Gasteiger partial charge in [0.15, 0.2) is 0 Å². The Morgan fingerprint density at radius 2 is 1.57 bits per heavy atom. The summed E-state index contributed by atoms with van der Waals surface area (Å²) in [6.07, 6.45) is 4.61. The summed E-state index contributed by atoms with van der Waals surface area (Å²) in [5.74, 6) is 1.36. The second kappa shape index (κ2) is 8.85. The van der Waals surface area contributed by atoms with Crippen LogP contribution in [0.15, 0.2) is 0 Å². The third kappa shape index (κ3) is 7.06. The van der Waals surface area contributed by atoms with Gasteiger partial charge in [-0.05, 0) is 30.8 Å². The van der Waals surface area contributed by atoms with E-state index in [-0.39, 0.29) is 5.41 Å². The summed E-state index contributed by atoms with van der Waals surface area (Å²) in [7, 11) is 2.58. The molecule has 0 spiro atoms. The largest absolute Gasteiger partial charge is 0.384 e. The molecule has 1 aliphatic carbocycles. The summed E-state index contributed by atoms with van der Waals surface area (Å²) >= 11 is 12.3. The molecule has 0 N–H and O–H groups in total. The molecule has 0 aromatic carbocycles. The van der Waals surface area contributed by atoms with Gasteiger partial charge in [0.1, 0.15) is 0 Å². The van der Waals surface area contributed by atoms with E-state index in [1.165, 1.54) is 18.9 Å². The van der Waals surface area contributed by atoms with Gasteiger partial charge in [-0.15, -0.1) is 0 Å². The second-order valence-electron chi connectivity index (χ2n) is 7.88. The van der Waals surface area contributed by atoms with Crippen molar-refractivity contribution in [1.29, 1.82) is 0 Å². The Labute approximate surface area is 142 Å². The van der Waals surface area contributed by atoms with Crippen molar-refractivity contribution in [2.24, 2.45) is 17.3 Å². The van der Waals surface area contributed by atoms with Crippen molar-refractivity contribution in [3.8, 4) is 0 Å². The number of hydrogen-bond donors (Lipinski definition) is 0. The van der Waals surface area contributed by atoms with Crippen LogP contribution in [0.2, 0.25) is 25.7 Å². The van der Waals surface area contributed by atoms with Crippen LogP contribution in [0.4, 0.5) is 0 Å². The lowest BCUT2D eigenvalue weighted by atomic mass is 9.86. The van der Waals surface area contributed by atoms with Crippen molar-refractivity contribution in [3.63, 3.8) is 0 Å². The minimum Gasteiger partial charge on any atom is -0.384 e. The first-order valence-electron chi connectivity index (χ1n) is 7.78. The smallest absolute Gasteiger partial charge is 0.0857 e. The first-order chi connectivity index (χ1) is 9.71. The molecule has 0 saturated heterocycles. The first kappa shape index (κ1) is 20.2. The molecule has 2 atom stereocenters. The van der Waals surface area contributed by atoms with Crippen LogP contribution in [0.1, 0.15) is 19.3 Å². The highest BCUT2D eigenvalue weighted by molar-refractivity contribution is 8.03. The van der Waals surface area contributed by atoms with Gasteiger partial charge >= 0.3 is 0 Å². The maximum Gasteiger partial charge on any atom is 0.0857 e. The molecular weight excluding hydrogens is 342 g/mol. The van der Waals surface area contributed by atoms with E-state index in [0.717, 1.165) is 31.7 Å². The summed E-state index contributed by atoms with van der Waals surface area (Å²) in [5.41, 5.74) is 0.164. The number of hydrogen-bond acceptors (Lipinski definition) is 2. The van der Waals surface area contributed by atoms with Crippen molar-refractivity contribution in [1.82, 2.24) is 0 Å². The molecule has 1 aliphatic rings. The molecule has 0 aromatic rings. The molecule has 0 radical (unpaired) electrons. The molecule has 0 amide bonds. The van der Waals surface area contributed by atoms with E-state index in [1.54, 1.807) is 14.2 Å². The molecule has 2 nitrogen and oxygen atoms in total. The van der Waals surface area contributed by atoms with E-state index < -0.39 is 14.7 Å². The van der Waals surface area contributed by atoms with Gasteiger partial charge < -0.3 is 9.47 Å². The average molecular weight is 373 g/mol. The Balaban J connectivity index is 2.76. The Bertz CT molecular complexity index is 305. The topological polar surface area (TPSA) is 18.5 Å². The van der Waals surface area contributed by atoms with Crippen LogP contribution in [-0.2, 0) is 9.47 Å². The molecule has 1 fully saturated rings. The van der Waals surface area contributed by atoms with E-state index in [0.29, 0.717) is 5.92 Å². The number of rotatable bonds is 9. The standard InChI is InChI=1S/C15H31Cl2O2PSi/c1-18-11-15(12-19-2)8-13(6-7-21(3,4)5)14(9-15)10-20(16)17/h13-14H,6-12H2,1-5H3/t13-,14+/m0/s1. The number of methoxy groups -OCH3 is 2. The highest BCUT2D eigenvalue weighted by atomic mass is 35.9. The summed E-state index contributed by atoms with van der Waals surface area (Å²) in [4.78, 5) is 0. The molecule has 0 aromatic heterocycles. The minimum absolute atomic E-state index is 0.164. The Hall–Kier alpha value is 1.15. The van der Waals surface area contributed by atoms with Crippen LogP contribution in [0.3, 0.4) is 0 Å². The van der Waals surface area contributed by atoms with E-state index in [4.69, 9.17) is 32.0 Å². The van der Waals surface area contributed by atoms with Crippen LogP contribution < -0.4 is 0 Å². The van der Waals surface area contributed by atoms with Crippen molar-refractivity contribution < 1.29 is 9.47 Å². The predicted octanol–water partition coefficient (Wildman–Crippen LogP) is 5.81. The average Bonchev–Trinajstić information content (AvgIpc) is 2.64. The van der Waals surface area contributed by atoms with E-state index in [2.05, 4.69) is 19.6 Å². The number of ether oxygens (including phenoxy) is 2. The first-order valence-corrected chi connectivity index (χ1v) is 14.8. The number of halogens is 2. The highest BCUT2D eigenvalue weighted by Gasteiger charge is 2.45. The SMILES string of the molecule is COCC1(COC)C[C@H](CC[Si](C)(C)C)[C@@H](CP(Cl)Cl)C1. The van der Waals surface area contributed by atoms with Crippen molar-refractivity contribution in [2.75, 3.05) is 33.6 Å². The molecule has 0 heterocycles. The van der Waals surface area contributed by atoms with Crippen molar-refractivity contribution >= 4 is 37.2 Å². The lowest BCUT2D eigenvalue weighted by molar-refractivity contribution is 0.0107. The summed E-state index contributed by atoms with van der Waals surface area (Å²) in [6.45, 7) is 8.05. The third-order valence-corrected chi connectivity index (χ3v) is 7.96. The van der Waals surface area contributed by atoms with E-state index in [1.807, 2.05) is 0 Å². The van der Waals surface area contributed by atoms with Gasteiger partial charge in [-0.25, -0.2) is 0 Å². The fraction of sp³-hybridized carbons (Fsp3) is 1.00. The molecular formula is C15H31Cl2O2PSi. The molecule has 1 saturated carbocycles. The Morgan fingerprint density at radius 1 is 1.05 bits per heavy atom. The minimum atomic E-state index is -1.00. The van der Waals surface area contributed by atoms with E-state index in [9.17, 15) is 0 Å². The van der Waals surface area contributed by atoms with Crippen LogP contribution in [-0.4, -0.2) is 41.7 Å². The van der Waals surface area contributed by atoms with Crippen LogP contribution in [0.25, 0.3) is 0 Å². The maximum atomic E-state index is 6.14. The van der Waals surface area contributed by atoms with Gasteiger partial charge in [-0.1, -0.05) is 54.6 Å². The quantitative estimate of drug-likeness (QED) is 0.375. The molecule has 126 valence electrons. The van der Waals surface area contributed by atoms with Gasteiger partial charge in [-0.2, -0.15) is 0 Å². The Kier molecular flexibility index (Phi) is 8.51. The van der Waals surface area contributed by atoms with Crippen LogP contribution in [0.5, 0.6) is 0 Å². The molecule has 0 bridgehead atoms. The summed E-state index contributed by atoms with van der Waals surface area (Å²) in [5, 5.41) is 0. The normalized spacial score (nSPS) is 25.7. The van der Waals surface area contributed by atoms with Gasteiger partial charge in [0.25, 0.3) is 0 Å². The second-order valence-corrected chi connectivity index (χ2v) is 17.4. The highest BCUT2D eigenvalue weighted by Crippen LogP contribution is 2.56. The Morgan fingerprint density at radius 3 is 2.00 bits per heavy atom. The predicted molar refractivity (Wildman–Crippen MR) is 98.7 cm³/mol. The monoisotopic (exact) mass is 372 g/mol. The maximum absolute atomic E-state index is 6.14.